The van der Waals surface area contributed by atoms with E-state index in [-0.39, 0.29) is 0 Å². The Bertz CT molecular complexity index is 313. The van der Waals surface area contributed by atoms with Crippen LogP contribution in [0, 0.1) is 18.3 Å². The molecule has 0 saturated carbocycles. The van der Waals surface area contributed by atoms with Crippen molar-refractivity contribution in [3.05, 3.63) is 14.2 Å². The fourth-order valence-electron chi connectivity index (χ4n) is 0.802. The largest absolute Gasteiger partial charge is 0.493 e. The standard InChI is InChI=1S/C7H6BrNOS/c1-4-5(3-9)6(10-2)7(8)11-4/h1-2H3. The highest BCUT2D eigenvalue weighted by Crippen LogP contribution is 2.38. The predicted octanol–water partition coefficient (Wildman–Crippen LogP) is 2.70. The molecule has 2 nitrogen and oxygen atoms in total. The van der Waals surface area contributed by atoms with Gasteiger partial charge in [-0.1, -0.05) is 0 Å². The number of hydrogen-bond acceptors (Lipinski definition) is 3. The molecule has 1 aromatic heterocycles. The lowest BCUT2D eigenvalue weighted by Crippen LogP contribution is -1.83. The number of methoxy groups -OCH3 is 1. The SMILES string of the molecule is COc1c(Br)sc(C)c1C#N. The van der Waals surface area contributed by atoms with Crippen molar-refractivity contribution >= 4 is 27.3 Å². The summed E-state index contributed by atoms with van der Waals surface area (Å²) in [4.78, 5) is 0.983. The minimum atomic E-state index is 0.629. The van der Waals surface area contributed by atoms with E-state index in [4.69, 9.17) is 10.00 Å². The summed E-state index contributed by atoms with van der Waals surface area (Å²) in [5.41, 5.74) is 0.629. The topological polar surface area (TPSA) is 33.0 Å². The van der Waals surface area contributed by atoms with E-state index in [0.717, 1.165) is 8.66 Å². The van der Waals surface area contributed by atoms with Gasteiger partial charge in [0.1, 0.15) is 15.4 Å². The van der Waals surface area contributed by atoms with E-state index < -0.39 is 0 Å². The Balaban J connectivity index is 3.31. The monoisotopic (exact) mass is 231 g/mol. The Labute approximate surface area is 77.5 Å². The van der Waals surface area contributed by atoms with Crippen molar-refractivity contribution in [3.8, 4) is 11.8 Å². The van der Waals surface area contributed by atoms with Crippen LogP contribution in [-0.4, -0.2) is 7.11 Å². The summed E-state index contributed by atoms with van der Waals surface area (Å²) in [6.07, 6.45) is 0. The van der Waals surface area contributed by atoms with Crippen molar-refractivity contribution in [2.24, 2.45) is 0 Å². The van der Waals surface area contributed by atoms with Crippen molar-refractivity contribution in [2.45, 2.75) is 6.92 Å². The van der Waals surface area contributed by atoms with Crippen LogP contribution in [0.3, 0.4) is 0 Å². The van der Waals surface area contributed by atoms with Crippen molar-refractivity contribution < 1.29 is 4.74 Å². The van der Waals surface area contributed by atoms with Crippen LogP contribution < -0.4 is 4.74 Å². The molecule has 0 radical (unpaired) electrons. The number of thiophene rings is 1. The molecular formula is C7H6BrNOS. The van der Waals surface area contributed by atoms with E-state index in [1.807, 2.05) is 6.92 Å². The van der Waals surface area contributed by atoms with Crippen LogP contribution in [0.25, 0.3) is 0 Å². The smallest absolute Gasteiger partial charge is 0.161 e. The van der Waals surface area contributed by atoms with Gasteiger partial charge in [-0.2, -0.15) is 5.26 Å². The summed E-state index contributed by atoms with van der Waals surface area (Å²) >= 11 is 4.83. The predicted molar refractivity (Wildman–Crippen MR) is 48.0 cm³/mol. The quantitative estimate of drug-likeness (QED) is 0.745. The second-order valence-electron chi connectivity index (χ2n) is 1.95. The highest BCUT2D eigenvalue weighted by atomic mass is 79.9. The Morgan fingerprint density at radius 2 is 2.27 bits per heavy atom. The number of hydrogen-bond donors (Lipinski definition) is 0. The van der Waals surface area contributed by atoms with Crippen LogP contribution in [-0.2, 0) is 0 Å². The van der Waals surface area contributed by atoms with Gasteiger partial charge in [-0.05, 0) is 22.9 Å². The highest BCUT2D eigenvalue weighted by Gasteiger charge is 2.13. The number of nitriles is 1. The number of rotatable bonds is 1. The van der Waals surface area contributed by atoms with E-state index in [1.54, 1.807) is 7.11 Å². The lowest BCUT2D eigenvalue weighted by Gasteiger charge is -1.95. The molecule has 1 heterocycles. The fraction of sp³-hybridized carbons (Fsp3) is 0.286. The molecule has 0 amide bonds. The Kier molecular flexibility index (Phi) is 2.53. The maximum absolute atomic E-state index is 8.70. The van der Waals surface area contributed by atoms with Crippen molar-refractivity contribution in [1.82, 2.24) is 0 Å². The molecule has 0 aromatic carbocycles. The minimum absolute atomic E-state index is 0.629. The number of nitrogens with zero attached hydrogens (tertiary/aromatic N) is 1. The average molecular weight is 232 g/mol. The van der Waals surface area contributed by atoms with Crippen LogP contribution in [0.5, 0.6) is 5.75 Å². The molecule has 0 bridgehead atoms. The third-order valence-corrected chi connectivity index (χ3v) is 3.04. The molecule has 0 saturated heterocycles. The molecule has 1 rings (SSSR count). The summed E-state index contributed by atoms with van der Waals surface area (Å²) < 4.78 is 5.91. The van der Waals surface area contributed by atoms with Crippen molar-refractivity contribution in [3.63, 3.8) is 0 Å². The third-order valence-electron chi connectivity index (χ3n) is 1.32. The van der Waals surface area contributed by atoms with E-state index in [0.29, 0.717) is 11.3 Å². The van der Waals surface area contributed by atoms with Gasteiger partial charge in [0.15, 0.2) is 5.75 Å². The second-order valence-corrected chi connectivity index (χ2v) is 4.49. The van der Waals surface area contributed by atoms with Gasteiger partial charge in [0.2, 0.25) is 0 Å². The van der Waals surface area contributed by atoms with Gasteiger partial charge in [0.25, 0.3) is 0 Å². The zero-order chi connectivity index (χ0) is 8.43. The molecule has 0 aliphatic rings. The van der Waals surface area contributed by atoms with E-state index >= 15 is 0 Å². The summed E-state index contributed by atoms with van der Waals surface area (Å²) in [6, 6.07) is 2.09. The lowest BCUT2D eigenvalue weighted by atomic mass is 10.3. The first-order chi connectivity index (χ1) is 5.20. The normalized spacial score (nSPS) is 9.27. The summed E-state index contributed by atoms with van der Waals surface area (Å²) in [5, 5.41) is 8.70. The molecule has 0 fully saturated rings. The van der Waals surface area contributed by atoms with E-state index in [2.05, 4.69) is 22.0 Å². The Morgan fingerprint density at radius 3 is 2.64 bits per heavy atom. The molecule has 0 atom stereocenters. The fourth-order valence-corrected chi connectivity index (χ4v) is 2.68. The first kappa shape index (κ1) is 8.57. The summed E-state index contributed by atoms with van der Waals surface area (Å²) in [7, 11) is 1.56. The van der Waals surface area contributed by atoms with Gasteiger partial charge < -0.3 is 4.74 Å². The van der Waals surface area contributed by atoms with Gasteiger partial charge >= 0.3 is 0 Å². The van der Waals surface area contributed by atoms with Crippen molar-refractivity contribution in [1.29, 1.82) is 5.26 Å². The van der Waals surface area contributed by atoms with Crippen molar-refractivity contribution in [2.75, 3.05) is 7.11 Å². The molecule has 0 spiro atoms. The molecule has 0 aliphatic heterocycles. The third kappa shape index (κ3) is 1.39. The van der Waals surface area contributed by atoms with Crippen LogP contribution >= 0.6 is 27.3 Å². The molecule has 1 aromatic rings. The van der Waals surface area contributed by atoms with Gasteiger partial charge in [-0.15, -0.1) is 11.3 Å². The molecular weight excluding hydrogens is 226 g/mol. The molecule has 4 heteroatoms. The molecule has 0 N–H and O–H groups in total. The van der Waals surface area contributed by atoms with Gasteiger partial charge in [0, 0.05) is 4.88 Å². The van der Waals surface area contributed by atoms with E-state index in [1.165, 1.54) is 11.3 Å². The second kappa shape index (κ2) is 3.24. The maximum atomic E-state index is 8.70. The zero-order valence-electron chi connectivity index (χ0n) is 6.14. The minimum Gasteiger partial charge on any atom is -0.493 e. The average Bonchev–Trinajstić information content (AvgIpc) is 2.24. The number of aryl methyl sites for hydroxylation is 1. The van der Waals surface area contributed by atoms with Crippen LogP contribution in [0.2, 0.25) is 0 Å². The number of ether oxygens (including phenoxy) is 1. The molecule has 0 unspecified atom stereocenters. The molecule has 0 aliphatic carbocycles. The zero-order valence-corrected chi connectivity index (χ0v) is 8.54. The van der Waals surface area contributed by atoms with Gasteiger partial charge in [-0.3, -0.25) is 0 Å². The summed E-state index contributed by atoms with van der Waals surface area (Å²) in [5.74, 6) is 0.648. The summed E-state index contributed by atoms with van der Waals surface area (Å²) in [6.45, 7) is 1.90. The lowest BCUT2D eigenvalue weighted by molar-refractivity contribution is 0.413. The molecule has 11 heavy (non-hydrogen) atoms. The maximum Gasteiger partial charge on any atom is 0.161 e. The molecule has 58 valence electrons. The Hall–Kier alpha value is -0.530. The Morgan fingerprint density at radius 1 is 1.64 bits per heavy atom. The first-order valence-corrected chi connectivity index (χ1v) is 4.54. The van der Waals surface area contributed by atoms with Crippen LogP contribution in [0.15, 0.2) is 3.79 Å². The van der Waals surface area contributed by atoms with Crippen LogP contribution in [0.4, 0.5) is 0 Å². The van der Waals surface area contributed by atoms with Gasteiger partial charge in [0.05, 0.1) is 7.11 Å². The first-order valence-electron chi connectivity index (χ1n) is 2.93. The highest BCUT2D eigenvalue weighted by molar-refractivity contribution is 9.11. The van der Waals surface area contributed by atoms with E-state index in [9.17, 15) is 0 Å². The number of halogens is 1. The van der Waals surface area contributed by atoms with Crippen LogP contribution in [0.1, 0.15) is 10.4 Å². The van der Waals surface area contributed by atoms with Gasteiger partial charge in [-0.25, -0.2) is 0 Å².